The van der Waals surface area contributed by atoms with E-state index in [1.54, 1.807) is 6.92 Å². The number of aryl methyl sites for hydroxylation is 1. The number of carbonyl (C=O) groups excluding carboxylic acids is 1. The molecular formula is C23H22N4O2S2. The lowest BCUT2D eigenvalue weighted by Gasteiger charge is -2.13. The molecule has 0 saturated heterocycles. The number of benzene rings is 2. The number of aromatic nitrogens is 2. The van der Waals surface area contributed by atoms with Crippen LogP contribution in [0.1, 0.15) is 19.4 Å². The zero-order valence-electron chi connectivity index (χ0n) is 17.2. The molecule has 3 N–H and O–H groups in total. The van der Waals surface area contributed by atoms with Crippen LogP contribution in [0.25, 0.3) is 21.3 Å². The largest absolute Gasteiger partial charge is 0.334 e. The molecule has 4 aromatic rings. The van der Waals surface area contributed by atoms with Gasteiger partial charge in [0.05, 0.1) is 10.6 Å². The quantitative estimate of drug-likeness (QED) is 0.256. The molecule has 158 valence electrons. The van der Waals surface area contributed by atoms with Gasteiger partial charge in [0.1, 0.15) is 4.83 Å². The molecule has 1 atom stereocenters. The molecule has 31 heavy (non-hydrogen) atoms. The van der Waals surface area contributed by atoms with Crippen LogP contribution in [0.2, 0.25) is 0 Å². The number of rotatable bonds is 6. The molecule has 0 aliphatic carbocycles. The smallest absolute Gasteiger partial charge is 0.282 e. The molecule has 0 unspecified atom stereocenters. The minimum absolute atomic E-state index is 0.181. The average Bonchev–Trinajstić information content (AvgIpc) is 3.22. The van der Waals surface area contributed by atoms with Crippen molar-refractivity contribution in [3.05, 3.63) is 75.9 Å². The number of hydrogen-bond acceptors (Lipinski definition) is 6. The Hall–Kier alpha value is -3.10. The standard InChI is InChI=1S/C23H22N4O2S2/c1-3-15-9-11-17(12-10-15)25-20(28)14(2)31-23-26-21-19(22(29)27(23)24)18(13-30-21)16-7-5-4-6-8-16/h4-14H,3,24H2,1-2H3,(H,25,28)/t14-/m1/s1. The van der Waals surface area contributed by atoms with Crippen molar-refractivity contribution in [2.24, 2.45) is 0 Å². The molecule has 0 fully saturated rings. The van der Waals surface area contributed by atoms with Gasteiger partial charge in [-0.05, 0) is 36.6 Å². The summed E-state index contributed by atoms with van der Waals surface area (Å²) in [5.41, 5.74) is 3.37. The number of hydrogen-bond donors (Lipinski definition) is 2. The van der Waals surface area contributed by atoms with E-state index >= 15 is 0 Å². The Labute approximate surface area is 188 Å². The van der Waals surface area contributed by atoms with Gasteiger partial charge in [-0.2, -0.15) is 0 Å². The number of nitrogens with one attached hydrogen (secondary N) is 1. The summed E-state index contributed by atoms with van der Waals surface area (Å²) in [6.07, 6.45) is 0.942. The van der Waals surface area contributed by atoms with Gasteiger partial charge < -0.3 is 11.2 Å². The van der Waals surface area contributed by atoms with E-state index in [9.17, 15) is 9.59 Å². The number of carbonyl (C=O) groups is 1. The number of thioether (sulfide) groups is 1. The van der Waals surface area contributed by atoms with Gasteiger partial charge in [0.15, 0.2) is 5.16 Å². The highest BCUT2D eigenvalue weighted by molar-refractivity contribution is 8.00. The summed E-state index contributed by atoms with van der Waals surface area (Å²) < 4.78 is 1.03. The predicted octanol–water partition coefficient (Wildman–Crippen LogP) is 4.52. The van der Waals surface area contributed by atoms with Crippen molar-refractivity contribution >= 4 is 44.9 Å². The van der Waals surface area contributed by atoms with Crippen molar-refractivity contribution in [2.45, 2.75) is 30.7 Å². The number of nitrogens with two attached hydrogens (primary N) is 1. The number of nitrogen functional groups attached to an aromatic ring is 1. The highest BCUT2D eigenvalue weighted by Crippen LogP contribution is 2.32. The minimum Gasteiger partial charge on any atom is -0.334 e. The summed E-state index contributed by atoms with van der Waals surface area (Å²) in [5, 5.41) is 5.13. The van der Waals surface area contributed by atoms with Crippen molar-refractivity contribution in [3.8, 4) is 11.1 Å². The molecule has 0 saturated carbocycles. The molecule has 2 heterocycles. The molecule has 0 bridgehead atoms. The van der Waals surface area contributed by atoms with Crippen LogP contribution in [0, 0.1) is 0 Å². The van der Waals surface area contributed by atoms with Gasteiger partial charge in [-0.3, -0.25) is 9.59 Å². The van der Waals surface area contributed by atoms with E-state index < -0.39 is 5.25 Å². The third-order valence-electron chi connectivity index (χ3n) is 4.97. The van der Waals surface area contributed by atoms with Crippen LogP contribution in [0.4, 0.5) is 5.69 Å². The maximum atomic E-state index is 13.0. The second-order valence-corrected chi connectivity index (χ2v) is 9.23. The van der Waals surface area contributed by atoms with Crippen LogP contribution in [0.3, 0.4) is 0 Å². The van der Waals surface area contributed by atoms with E-state index in [1.165, 1.54) is 16.9 Å². The van der Waals surface area contributed by atoms with E-state index in [-0.39, 0.29) is 11.5 Å². The molecule has 0 aliphatic rings. The van der Waals surface area contributed by atoms with Crippen molar-refractivity contribution in [2.75, 3.05) is 11.2 Å². The fourth-order valence-electron chi connectivity index (χ4n) is 3.18. The van der Waals surface area contributed by atoms with Crippen molar-refractivity contribution in [1.82, 2.24) is 9.66 Å². The fraction of sp³-hybridized carbons (Fsp3) is 0.174. The number of fused-ring (bicyclic) bond motifs is 1. The lowest BCUT2D eigenvalue weighted by molar-refractivity contribution is -0.115. The Morgan fingerprint density at radius 2 is 1.90 bits per heavy atom. The van der Waals surface area contributed by atoms with Gasteiger partial charge in [0.2, 0.25) is 5.91 Å². The third kappa shape index (κ3) is 4.35. The first-order valence-corrected chi connectivity index (χ1v) is 11.6. The van der Waals surface area contributed by atoms with Gasteiger partial charge in [-0.25, -0.2) is 9.66 Å². The molecule has 0 aliphatic heterocycles. The van der Waals surface area contributed by atoms with Gasteiger partial charge in [0, 0.05) is 16.6 Å². The summed E-state index contributed by atoms with van der Waals surface area (Å²) >= 11 is 2.55. The summed E-state index contributed by atoms with van der Waals surface area (Å²) in [4.78, 5) is 30.8. The summed E-state index contributed by atoms with van der Waals surface area (Å²) in [7, 11) is 0. The van der Waals surface area contributed by atoms with E-state index in [0.717, 1.165) is 39.7 Å². The molecule has 2 aromatic carbocycles. The van der Waals surface area contributed by atoms with Crippen LogP contribution in [0.15, 0.2) is 69.9 Å². The van der Waals surface area contributed by atoms with E-state index in [1.807, 2.05) is 60.0 Å². The Morgan fingerprint density at radius 3 is 2.58 bits per heavy atom. The average molecular weight is 451 g/mol. The maximum Gasteiger partial charge on any atom is 0.282 e. The van der Waals surface area contributed by atoms with Crippen LogP contribution in [0.5, 0.6) is 0 Å². The predicted molar refractivity (Wildman–Crippen MR) is 129 cm³/mol. The van der Waals surface area contributed by atoms with Gasteiger partial charge in [0.25, 0.3) is 5.56 Å². The first-order chi connectivity index (χ1) is 15.0. The van der Waals surface area contributed by atoms with Crippen molar-refractivity contribution in [3.63, 3.8) is 0 Å². The molecule has 4 rings (SSSR count). The Bertz CT molecular complexity index is 1280. The Balaban J connectivity index is 1.57. The first kappa shape index (κ1) is 21.1. The second kappa shape index (κ2) is 8.95. The van der Waals surface area contributed by atoms with Crippen LogP contribution in [-0.2, 0) is 11.2 Å². The normalized spacial score (nSPS) is 12.1. The number of anilines is 1. The molecule has 2 aromatic heterocycles. The lowest BCUT2D eigenvalue weighted by Crippen LogP contribution is -2.31. The van der Waals surface area contributed by atoms with Gasteiger partial charge in [-0.15, -0.1) is 11.3 Å². The number of nitrogens with zero attached hydrogens (tertiary/aromatic N) is 2. The molecule has 1 amide bonds. The lowest BCUT2D eigenvalue weighted by atomic mass is 10.1. The topological polar surface area (TPSA) is 90.0 Å². The SMILES string of the molecule is CCc1ccc(NC(=O)[C@@H](C)Sc2nc3scc(-c4ccccc4)c3c(=O)n2N)cc1. The third-order valence-corrected chi connectivity index (χ3v) is 6.91. The zero-order valence-corrected chi connectivity index (χ0v) is 18.8. The molecule has 6 nitrogen and oxygen atoms in total. The highest BCUT2D eigenvalue weighted by atomic mass is 32.2. The van der Waals surface area contributed by atoms with E-state index in [0.29, 0.717) is 15.4 Å². The monoisotopic (exact) mass is 450 g/mol. The Kier molecular flexibility index (Phi) is 6.11. The van der Waals surface area contributed by atoms with E-state index in [4.69, 9.17) is 5.84 Å². The molecule has 0 spiro atoms. The van der Waals surface area contributed by atoms with Crippen LogP contribution in [-0.4, -0.2) is 20.8 Å². The Morgan fingerprint density at radius 1 is 1.19 bits per heavy atom. The molecule has 0 radical (unpaired) electrons. The molecular weight excluding hydrogens is 428 g/mol. The summed E-state index contributed by atoms with van der Waals surface area (Å²) in [6, 6.07) is 17.4. The van der Waals surface area contributed by atoms with Gasteiger partial charge in [-0.1, -0.05) is 61.2 Å². The maximum absolute atomic E-state index is 13.0. The van der Waals surface area contributed by atoms with E-state index in [2.05, 4.69) is 17.2 Å². The van der Waals surface area contributed by atoms with Crippen molar-refractivity contribution in [1.29, 1.82) is 0 Å². The second-order valence-electron chi connectivity index (χ2n) is 7.06. The summed E-state index contributed by atoms with van der Waals surface area (Å²) in [5.74, 6) is 5.90. The first-order valence-electron chi connectivity index (χ1n) is 9.89. The zero-order chi connectivity index (χ0) is 22.0. The minimum atomic E-state index is -0.487. The van der Waals surface area contributed by atoms with Crippen LogP contribution < -0.4 is 16.7 Å². The summed E-state index contributed by atoms with van der Waals surface area (Å²) in [6.45, 7) is 3.85. The number of thiophene rings is 1. The number of amides is 1. The fourth-order valence-corrected chi connectivity index (χ4v) is 5.00. The van der Waals surface area contributed by atoms with Gasteiger partial charge >= 0.3 is 0 Å². The molecule has 8 heteroatoms. The van der Waals surface area contributed by atoms with Crippen LogP contribution >= 0.6 is 23.1 Å². The highest BCUT2D eigenvalue weighted by Gasteiger charge is 2.21. The van der Waals surface area contributed by atoms with Crippen molar-refractivity contribution < 1.29 is 4.79 Å².